The molecule has 5 aromatic rings. The lowest BCUT2D eigenvalue weighted by atomic mass is 9.87. The van der Waals surface area contributed by atoms with Gasteiger partial charge in [0.05, 0.1) is 22.7 Å². The van der Waals surface area contributed by atoms with Crippen LogP contribution >= 0.6 is 11.3 Å². The standard InChI is InChI=1S/C29H23N3O2S/c1-18-14-23-26(15-19(18)2)35-29(31-23)32(17-20-8-7-13-30-16-20)28(33)27-21-9-3-5-11-24(21)34-25-12-6-4-10-22(25)27/h3-16,27H,17H2,1-2H3. The molecule has 3 heterocycles. The number of amides is 1. The van der Waals surface area contributed by atoms with Crippen molar-refractivity contribution in [1.29, 1.82) is 0 Å². The molecule has 6 heteroatoms. The number of thiazole rings is 1. The summed E-state index contributed by atoms with van der Waals surface area (Å²) in [5.41, 5.74) is 5.98. The molecule has 1 aliphatic rings. The van der Waals surface area contributed by atoms with Crippen LogP contribution in [-0.2, 0) is 11.3 Å². The molecule has 0 N–H and O–H groups in total. The third-order valence-electron chi connectivity index (χ3n) is 6.48. The number of carbonyl (C=O) groups excluding carboxylic acids is 1. The molecule has 0 saturated heterocycles. The van der Waals surface area contributed by atoms with Crippen molar-refractivity contribution in [2.45, 2.75) is 26.3 Å². The van der Waals surface area contributed by atoms with Crippen LogP contribution in [-0.4, -0.2) is 15.9 Å². The van der Waals surface area contributed by atoms with Gasteiger partial charge in [-0.15, -0.1) is 0 Å². The minimum absolute atomic E-state index is 0.0375. The van der Waals surface area contributed by atoms with Crippen molar-refractivity contribution >= 4 is 32.6 Å². The van der Waals surface area contributed by atoms with Gasteiger partial charge in [0.25, 0.3) is 0 Å². The second-order valence-corrected chi connectivity index (χ2v) is 9.81. The summed E-state index contributed by atoms with van der Waals surface area (Å²) in [5, 5.41) is 0.681. The lowest BCUT2D eigenvalue weighted by Gasteiger charge is -2.31. The maximum absolute atomic E-state index is 14.5. The lowest BCUT2D eigenvalue weighted by molar-refractivity contribution is -0.119. The Hall–Kier alpha value is -4.03. The Bertz CT molecular complexity index is 1480. The van der Waals surface area contributed by atoms with Crippen molar-refractivity contribution in [3.8, 4) is 11.5 Å². The minimum Gasteiger partial charge on any atom is -0.457 e. The maximum Gasteiger partial charge on any atom is 0.241 e. The number of aryl methyl sites for hydroxylation is 2. The molecule has 35 heavy (non-hydrogen) atoms. The summed E-state index contributed by atoms with van der Waals surface area (Å²) in [6, 6.07) is 23.7. The second-order valence-electron chi connectivity index (χ2n) is 8.80. The first-order valence-electron chi connectivity index (χ1n) is 11.5. The number of nitrogens with zero attached hydrogens (tertiary/aromatic N) is 3. The average molecular weight is 478 g/mol. The van der Waals surface area contributed by atoms with Crippen molar-refractivity contribution in [3.05, 3.63) is 113 Å². The van der Waals surface area contributed by atoms with Crippen LogP contribution in [0.1, 0.15) is 33.7 Å². The number of ether oxygens (including phenoxy) is 1. The molecule has 0 bridgehead atoms. The van der Waals surface area contributed by atoms with Crippen molar-refractivity contribution in [2.75, 3.05) is 4.90 Å². The van der Waals surface area contributed by atoms with Gasteiger partial charge in [-0.1, -0.05) is 53.8 Å². The van der Waals surface area contributed by atoms with Crippen LogP contribution in [0, 0.1) is 13.8 Å². The molecule has 0 saturated carbocycles. The minimum atomic E-state index is -0.497. The summed E-state index contributed by atoms with van der Waals surface area (Å²) >= 11 is 1.54. The van der Waals surface area contributed by atoms with Crippen LogP contribution in [0.4, 0.5) is 5.13 Å². The molecular weight excluding hydrogens is 454 g/mol. The van der Waals surface area contributed by atoms with Crippen LogP contribution in [0.3, 0.4) is 0 Å². The number of hydrogen-bond donors (Lipinski definition) is 0. The van der Waals surface area contributed by atoms with Crippen LogP contribution in [0.5, 0.6) is 11.5 Å². The quantitative estimate of drug-likeness (QED) is 0.286. The maximum atomic E-state index is 14.5. The number of benzene rings is 3. The van der Waals surface area contributed by atoms with Crippen molar-refractivity contribution in [2.24, 2.45) is 0 Å². The van der Waals surface area contributed by atoms with Gasteiger partial charge in [-0.2, -0.15) is 0 Å². The molecule has 0 fully saturated rings. The topological polar surface area (TPSA) is 55.3 Å². The van der Waals surface area contributed by atoms with Gasteiger partial charge in [0.1, 0.15) is 11.5 Å². The predicted octanol–water partition coefficient (Wildman–Crippen LogP) is 6.78. The van der Waals surface area contributed by atoms with E-state index in [-0.39, 0.29) is 5.91 Å². The van der Waals surface area contributed by atoms with Crippen molar-refractivity contribution in [1.82, 2.24) is 9.97 Å². The molecule has 0 aliphatic carbocycles. The zero-order chi connectivity index (χ0) is 23.9. The third kappa shape index (κ3) is 3.86. The molecule has 0 atom stereocenters. The molecule has 172 valence electrons. The summed E-state index contributed by atoms with van der Waals surface area (Å²) in [4.78, 5) is 25.4. The van der Waals surface area contributed by atoms with Crippen LogP contribution in [0.25, 0.3) is 10.2 Å². The van der Waals surface area contributed by atoms with Crippen molar-refractivity contribution in [3.63, 3.8) is 0 Å². The summed E-state index contributed by atoms with van der Waals surface area (Å²) in [7, 11) is 0. The number of hydrogen-bond acceptors (Lipinski definition) is 5. The number of para-hydroxylation sites is 2. The average Bonchev–Trinajstić information content (AvgIpc) is 3.28. The van der Waals surface area contributed by atoms with Gasteiger partial charge in [-0.3, -0.25) is 14.7 Å². The zero-order valence-corrected chi connectivity index (χ0v) is 20.3. The Morgan fingerprint density at radius 3 is 2.31 bits per heavy atom. The van der Waals surface area contributed by atoms with Crippen LogP contribution in [0.2, 0.25) is 0 Å². The summed E-state index contributed by atoms with van der Waals surface area (Å²) < 4.78 is 7.21. The molecule has 1 aliphatic heterocycles. The highest BCUT2D eigenvalue weighted by molar-refractivity contribution is 7.22. The Morgan fingerprint density at radius 1 is 0.943 bits per heavy atom. The van der Waals surface area contributed by atoms with E-state index in [1.807, 2.05) is 60.7 Å². The van der Waals surface area contributed by atoms with E-state index in [0.29, 0.717) is 23.2 Å². The van der Waals surface area contributed by atoms with E-state index in [4.69, 9.17) is 9.72 Å². The van der Waals surface area contributed by atoms with Gasteiger partial charge in [0, 0.05) is 23.5 Å². The van der Waals surface area contributed by atoms with Gasteiger partial charge in [-0.25, -0.2) is 4.98 Å². The first-order valence-corrected chi connectivity index (χ1v) is 12.3. The lowest BCUT2D eigenvalue weighted by Crippen LogP contribution is -2.36. The molecule has 0 radical (unpaired) electrons. The number of anilines is 1. The summed E-state index contributed by atoms with van der Waals surface area (Å²) in [5.74, 6) is 0.885. The fourth-order valence-corrected chi connectivity index (χ4v) is 5.58. The Balaban J connectivity index is 1.50. The highest BCUT2D eigenvalue weighted by Gasteiger charge is 2.36. The number of pyridine rings is 1. The Morgan fingerprint density at radius 2 is 1.63 bits per heavy atom. The Labute approximate surface area is 207 Å². The molecule has 5 nitrogen and oxygen atoms in total. The van der Waals surface area contributed by atoms with E-state index >= 15 is 0 Å². The molecule has 6 rings (SSSR count). The molecule has 0 spiro atoms. The van der Waals surface area contributed by atoms with Crippen molar-refractivity contribution < 1.29 is 9.53 Å². The normalized spacial score (nSPS) is 12.6. The van der Waals surface area contributed by atoms with E-state index in [1.165, 1.54) is 11.1 Å². The van der Waals surface area contributed by atoms with Gasteiger partial charge in [0.2, 0.25) is 5.91 Å². The predicted molar refractivity (Wildman–Crippen MR) is 139 cm³/mol. The highest BCUT2D eigenvalue weighted by atomic mass is 32.1. The summed E-state index contributed by atoms with van der Waals surface area (Å²) in [6.07, 6.45) is 3.54. The number of rotatable bonds is 4. The molecule has 3 aromatic carbocycles. The van der Waals surface area contributed by atoms with Gasteiger partial charge in [-0.05, 0) is 60.9 Å². The van der Waals surface area contributed by atoms with E-state index in [2.05, 4.69) is 31.0 Å². The first-order chi connectivity index (χ1) is 17.1. The Kier molecular flexibility index (Phi) is 5.30. The van der Waals surface area contributed by atoms with E-state index in [9.17, 15) is 4.79 Å². The SMILES string of the molecule is Cc1cc2nc(N(Cc3cccnc3)C(=O)C3c4ccccc4Oc4ccccc43)sc2cc1C. The molecular formula is C29H23N3O2S. The first kappa shape index (κ1) is 21.5. The van der Waals surface area contributed by atoms with E-state index < -0.39 is 5.92 Å². The second kappa shape index (κ2) is 8.64. The molecule has 2 aromatic heterocycles. The van der Waals surface area contributed by atoms with Crippen LogP contribution < -0.4 is 9.64 Å². The van der Waals surface area contributed by atoms with E-state index in [0.717, 1.165) is 26.9 Å². The largest absolute Gasteiger partial charge is 0.457 e. The fourth-order valence-electron chi connectivity index (χ4n) is 4.53. The number of fused-ring (bicyclic) bond motifs is 3. The van der Waals surface area contributed by atoms with Crippen LogP contribution in [0.15, 0.2) is 85.2 Å². The molecule has 0 unspecified atom stereocenters. The molecule has 1 amide bonds. The number of aromatic nitrogens is 2. The monoisotopic (exact) mass is 477 g/mol. The zero-order valence-electron chi connectivity index (χ0n) is 19.4. The summed E-state index contributed by atoms with van der Waals surface area (Å²) in [6.45, 7) is 4.57. The fraction of sp³-hybridized carbons (Fsp3) is 0.138. The number of carbonyl (C=O) groups is 1. The van der Waals surface area contributed by atoms with E-state index in [1.54, 1.807) is 28.6 Å². The van der Waals surface area contributed by atoms with Gasteiger partial charge < -0.3 is 4.74 Å². The third-order valence-corrected chi connectivity index (χ3v) is 7.52. The smallest absolute Gasteiger partial charge is 0.241 e. The van der Waals surface area contributed by atoms with Gasteiger partial charge >= 0.3 is 0 Å². The highest BCUT2D eigenvalue weighted by Crippen LogP contribution is 2.45. The van der Waals surface area contributed by atoms with Gasteiger partial charge in [0.15, 0.2) is 5.13 Å².